The maximum atomic E-state index is 12.9. The number of rotatable bonds is 10. The van der Waals surface area contributed by atoms with Crippen LogP contribution in [0.3, 0.4) is 0 Å². The molecule has 1 amide bonds. The summed E-state index contributed by atoms with van der Waals surface area (Å²) in [6.07, 6.45) is 4.65. The smallest absolute Gasteiger partial charge is 0.235 e. The highest BCUT2D eigenvalue weighted by Crippen LogP contribution is 2.44. The van der Waals surface area contributed by atoms with Crippen molar-refractivity contribution in [2.75, 3.05) is 18.2 Å². The summed E-state index contributed by atoms with van der Waals surface area (Å²) in [6, 6.07) is 8.06. The van der Waals surface area contributed by atoms with Crippen LogP contribution in [-0.2, 0) is 30.8 Å². The summed E-state index contributed by atoms with van der Waals surface area (Å²) < 4.78 is 13.3. The number of methoxy groups -OCH3 is 1. The van der Waals surface area contributed by atoms with Crippen molar-refractivity contribution in [1.29, 1.82) is 5.26 Å². The maximum absolute atomic E-state index is 12.9. The maximum Gasteiger partial charge on any atom is 0.235 e. The van der Waals surface area contributed by atoms with Crippen LogP contribution in [0.1, 0.15) is 54.6 Å². The lowest BCUT2D eigenvalue weighted by molar-refractivity contribution is -0.113. The van der Waals surface area contributed by atoms with E-state index in [4.69, 9.17) is 9.47 Å². The lowest BCUT2D eigenvalue weighted by Crippen LogP contribution is -2.26. The van der Waals surface area contributed by atoms with Crippen molar-refractivity contribution in [3.05, 3.63) is 58.2 Å². The summed E-state index contributed by atoms with van der Waals surface area (Å²) in [7, 11) is 1.61. The van der Waals surface area contributed by atoms with Gasteiger partial charge in [0.1, 0.15) is 17.7 Å². The Bertz CT molecular complexity index is 1400. The number of benzene rings is 1. The van der Waals surface area contributed by atoms with Gasteiger partial charge in [-0.2, -0.15) is 5.26 Å². The molecule has 0 spiro atoms. The molecule has 2 heterocycles. The number of nitriles is 1. The van der Waals surface area contributed by atoms with Gasteiger partial charge in [0, 0.05) is 11.4 Å². The molecule has 10 heteroatoms. The minimum atomic E-state index is -0.183. The van der Waals surface area contributed by atoms with Gasteiger partial charge in [-0.05, 0) is 60.8 Å². The molecule has 1 aliphatic rings. The molecule has 0 saturated carbocycles. The van der Waals surface area contributed by atoms with Crippen molar-refractivity contribution in [2.45, 2.75) is 65.3 Å². The molecule has 3 aromatic rings. The van der Waals surface area contributed by atoms with Crippen LogP contribution in [0.2, 0.25) is 0 Å². The minimum absolute atomic E-state index is 0.139. The average molecular weight is 566 g/mol. The van der Waals surface area contributed by atoms with E-state index in [1.807, 2.05) is 29.7 Å². The number of allylic oxidation sites excluding steroid dienone is 1. The first kappa shape index (κ1) is 28.7. The summed E-state index contributed by atoms with van der Waals surface area (Å²) >= 11 is 2.83. The fraction of sp³-hybridized carbons (Fsp3) is 0.448. The van der Waals surface area contributed by atoms with Crippen molar-refractivity contribution >= 4 is 34.0 Å². The first-order chi connectivity index (χ1) is 18.6. The van der Waals surface area contributed by atoms with Gasteiger partial charge in [0.05, 0.1) is 18.4 Å². The molecule has 0 fully saturated rings. The fourth-order valence-corrected chi connectivity index (χ4v) is 6.77. The van der Waals surface area contributed by atoms with Crippen molar-refractivity contribution in [1.82, 2.24) is 14.8 Å². The number of nitrogens with zero attached hydrogens (tertiary/aromatic N) is 4. The normalized spacial score (nSPS) is 14.8. The zero-order valence-electron chi connectivity index (χ0n) is 23.2. The van der Waals surface area contributed by atoms with Crippen LogP contribution in [0.25, 0.3) is 0 Å². The number of thiophene rings is 1. The Kier molecular flexibility index (Phi) is 9.03. The highest BCUT2D eigenvalue weighted by molar-refractivity contribution is 7.99. The van der Waals surface area contributed by atoms with Gasteiger partial charge in [0.15, 0.2) is 22.5 Å². The molecule has 1 aliphatic carbocycles. The molecule has 0 unspecified atom stereocenters. The number of anilines is 1. The summed E-state index contributed by atoms with van der Waals surface area (Å²) in [6.45, 7) is 13.3. The SMILES string of the molecule is C=CCn1c(COc2ccc(C)cc2OC)nnc1SCC(=O)Nc1sc2c(c1C#N)CC[C@@H](C(C)(C)C)C2. The largest absolute Gasteiger partial charge is 0.493 e. The van der Waals surface area contributed by atoms with Crippen LogP contribution >= 0.6 is 23.1 Å². The molecule has 1 N–H and O–H groups in total. The van der Waals surface area contributed by atoms with E-state index in [-0.39, 0.29) is 23.7 Å². The van der Waals surface area contributed by atoms with E-state index >= 15 is 0 Å². The molecule has 2 aromatic heterocycles. The highest BCUT2D eigenvalue weighted by Gasteiger charge is 2.32. The first-order valence-electron chi connectivity index (χ1n) is 12.9. The first-order valence-corrected chi connectivity index (χ1v) is 14.7. The van der Waals surface area contributed by atoms with Gasteiger partial charge in [-0.3, -0.25) is 9.36 Å². The number of aryl methyl sites for hydroxylation is 1. The van der Waals surface area contributed by atoms with Gasteiger partial charge in [0.2, 0.25) is 5.91 Å². The minimum Gasteiger partial charge on any atom is -0.493 e. The van der Waals surface area contributed by atoms with Crippen molar-refractivity contribution in [2.24, 2.45) is 11.3 Å². The molecule has 8 nitrogen and oxygen atoms in total. The Balaban J connectivity index is 1.41. The second-order valence-corrected chi connectivity index (χ2v) is 12.8. The van der Waals surface area contributed by atoms with Crippen molar-refractivity contribution in [3.63, 3.8) is 0 Å². The number of carbonyl (C=O) groups is 1. The van der Waals surface area contributed by atoms with Gasteiger partial charge < -0.3 is 14.8 Å². The third-order valence-corrected chi connectivity index (χ3v) is 9.10. The monoisotopic (exact) mass is 565 g/mol. The Hall–Kier alpha value is -3.29. The zero-order valence-corrected chi connectivity index (χ0v) is 24.8. The third kappa shape index (κ3) is 6.65. The summed E-state index contributed by atoms with van der Waals surface area (Å²) in [5.74, 6) is 2.41. The quantitative estimate of drug-likeness (QED) is 0.231. The topological polar surface area (TPSA) is 102 Å². The number of nitrogens with one attached hydrogen (secondary N) is 1. The standard InChI is InChI=1S/C29H35N5O3S2/c1-7-12-34-25(16-37-22-11-8-18(2)13-23(22)36-6)32-33-28(34)38-17-26(35)31-27-21(15-30)20-10-9-19(29(3,4)5)14-24(20)39-27/h7-8,11,13,19H,1,9-10,12,14,16-17H2,2-6H3,(H,31,35)/t19-/m1/s1. The fourth-order valence-electron chi connectivity index (χ4n) is 4.71. The molecule has 1 atom stereocenters. The molecule has 0 bridgehead atoms. The van der Waals surface area contributed by atoms with Gasteiger partial charge in [-0.15, -0.1) is 28.1 Å². The number of carbonyl (C=O) groups excluding carboxylic acids is 1. The Morgan fingerprint density at radius 2 is 2.15 bits per heavy atom. The number of thioether (sulfide) groups is 1. The Morgan fingerprint density at radius 3 is 2.85 bits per heavy atom. The number of hydrogen-bond acceptors (Lipinski definition) is 8. The molecule has 206 valence electrons. The number of fused-ring (bicyclic) bond motifs is 1. The number of amides is 1. The van der Waals surface area contributed by atoms with Crippen molar-refractivity contribution < 1.29 is 14.3 Å². The molecule has 39 heavy (non-hydrogen) atoms. The van der Waals surface area contributed by atoms with Gasteiger partial charge in [-0.1, -0.05) is 44.7 Å². The van der Waals surface area contributed by atoms with E-state index in [2.05, 4.69) is 48.9 Å². The van der Waals surface area contributed by atoms with E-state index in [9.17, 15) is 10.1 Å². The van der Waals surface area contributed by atoms with Crippen LogP contribution in [0.5, 0.6) is 11.5 Å². The van der Waals surface area contributed by atoms with E-state index < -0.39 is 0 Å². The summed E-state index contributed by atoms with van der Waals surface area (Å²) in [5.41, 5.74) is 3.00. The molecule has 1 aromatic carbocycles. The number of hydrogen-bond donors (Lipinski definition) is 1. The highest BCUT2D eigenvalue weighted by atomic mass is 32.2. The van der Waals surface area contributed by atoms with Crippen LogP contribution in [0.15, 0.2) is 36.0 Å². The Morgan fingerprint density at radius 1 is 1.36 bits per heavy atom. The number of ether oxygens (including phenoxy) is 2. The van der Waals surface area contributed by atoms with Gasteiger partial charge in [-0.25, -0.2) is 0 Å². The molecular weight excluding hydrogens is 530 g/mol. The predicted octanol–water partition coefficient (Wildman–Crippen LogP) is 6.18. The molecule has 0 saturated heterocycles. The lowest BCUT2D eigenvalue weighted by atomic mass is 9.72. The third-order valence-electron chi connectivity index (χ3n) is 6.97. The van der Waals surface area contributed by atoms with Crippen LogP contribution < -0.4 is 14.8 Å². The second kappa shape index (κ2) is 12.3. The summed E-state index contributed by atoms with van der Waals surface area (Å²) in [5, 5.41) is 22.6. The van der Waals surface area contributed by atoms with Crippen LogP contribution in [0, 0.1) is 29.6 Å². The van der Waals surface area contributed by atoms with Crippen molar-refractivity contribution in [3.8, 4) is 17.6 Å². The molecule has 4 rings (SSSR count). The van der Waals surface area contributed by atoms with E-state index in [0.29, 0.717) is 45.5 Å². The van der Waals surface area contributed by atoms with E-state index in [1.165, 1.54) is 16.6 Å². The lowest BCUT2D eigenvalue weighted by Gasteiger charge is -2.33. The van der Waals surface area contributed by atoms with Crippen LogP contribution in [0.4, 0.5) is 5.00 Å². The zero-order chi connectivity index (χ0) is 28.2. The van der Waals surface area contributed by atoms with E-state index in [1.54, 1.807) is 24.5 Å². The Labute approximate surface area is 238 Å². The number of aromatic nitrogens is 3. The van der Waals surface area contributed by atoms with E-state index in [0.717, 1.165) is 30.4 Å². The predicted molar refractivity (Wildman–Crippen MR) is 156 cm³/mol. The van der Waals surface area contributed by atoms with Gasteiger partial charge >= 0.3 is 0 Å². The van der Waals surface area contributed by atoms with Crippen LogP contribution in [-0.4, -0.2) is 33.5 Å². The second-order valence-electron chi connectivity index (χ2n) is 10.7. The van der Waals surface area contributed by atoms with Gasteiger partial charge in [0.25, 0.3) is 0 Å². The molecule has 0 aliphatic heterocycles. The molecule has 0 radical (unpaired) electrons. The average Bonchev–Trinajstić information content (AvgIpc) is 3.45. The summed E-state index contributed by atoms with van der Waals surface area (Å²) in [4.78, 5) is 14.1. The molecular formula is C29H35N5O3S2.